The van der Waals surface area contributed by atoms with Gasteiger partial charge in [-0.15, -0.1) is 11.3 Å². The number of nitrogens with two attached hydrogens (primary N) is 1. The average molecular weight is 409 g/mol. The molecular formula is C13H12Br2FNOS. The summed E-state index contributed by atoms with van der Waals surface area (Å²) in [5, 5.41) is 1.97. The number of hydrogen-bond donors (Lipinski definition) is 1. The van der Waals surface area contributed by atoms with Crippen LogP contribution in [0.25, 0.3) is 0 Å². The van der Waals surface area contributed by atoms with Crippen LogP contribution in [0, 0.1) is 5.82 Å². The molecule has 1 aromatic carbocycles. The van der Waals surface area contributed by atoms with Crippen LogP contribution in [0.2, 0.25) is 0 Å². The predicted molar refractivity (Wildman–Crippen MR) is 83.1 cm³/mol. The second-order valence-corrected chi connectivity index (χ2v) is 6.85. The molecule has 2 unspecified atom stereocenters. The van der Waals surface area contributed by atoms with Gasteiger partial charge in [-0.05, 0) is 57.0 Å². The normalized spacial score (nSPS) is 14.2. The van der Waals surface area contributed by atoms with Crippen LogP contribution >= 0.6 is 43.2 Å². The molecule has 1 aromatic heterocycles. The standard InChI is InChI=1S/C13H12Br2FNOS/c1-7(17)13(12-4-8(14)6-19-12)18-11-5-9(16)2-3-10(11)15/h2-7,13H,17H2,1H3. The summed E-state index contributed by atoms with van der Waals surface area (Å²) in [6, 6.07) is 6.10. The third-order valence-electron chi connectivity index (χ3n) is 2.49. The van der Waals surface area contributed by atoms with Gasteiger partial charge < -0.3 is 10.5 Å². The number of ether oxygens (including phenoxy) is 1. The first kappa shape index (κ1) is 15.0. The predicted octanol–water partition coefficient (Wildman–Crippen LogP) is 4.88. The van der Waals surface area contributed by atoms with Gasteiger partial charge in [0.2, 0.25) is 0 Å². The molecule has 0 aliphatic carbocycles. The quantitative estimate of drug-likeness (QED) is 0.782. The molecule has 0 radical (unpaired) electrons. The Hall–Kier alpha value is -0.430. The van der Waals surface area contributed by atoms with E-state index in [9.17, 15) is 4.39 Å². The lowest BCUT2D eigenvalue weighted by Crippen LogP contribution is -2.28. The van der Waals surface area contributed by atoms with Crippen molar-refractivity contribution in [3.05, 3.63) is 49.3 Å². The molecule has 19 heavy (non-hydrogen) atoms. The largest absolute Gasteiger partial charge is 0.482 e. The summed E-state index contributed by atoms with van der Waals surface area (Å²) in [4.78, 5) is 0.998. The summed E-state index contributed by atoms with van der Waals surface area (Å²) in [5.74, 6) is 0.112. The van der Waals surface area contributed by atoms with E-state index in [-0.39, 0.29) is 18.0 Å². The first-order chi connectivity index (χ1) is 8.97. The Morgan fingerprint density at radius 3 is 2.63 bits per heavy atom. The maximum Gasteiger partial charge on any atom is 0.148 e. The van der Waals surface area contributed by atoms with Gasteiger partial charge in [0.15, 0.2) is 0 Å². The SMILES string of the molecule is CC(N)C(Oc1cc(F)ccc1Br)c1cc(Br)cs1. The maximum atomic E-state index is 13.3. The minimum absolute atomic E-state index is 0.208. The molecule has 2 N–H and O–H groups in total. The molecular weight excluding hydrogens is 397 g/mol. The molecule has 0 saturated heterocycles. The highest BCUT2D eigenvalue weighted by Gasteiger charge is 2.21. The molecule has 2 aromatic rings. The van der Waals surface area contributed by atoms with Crippen molar-refractivity contribution in [2.45, 2.75) is 19.1 Å². The van der Waals surface area contributed by atoms with Gasteiger partial charge in [-0.2, -0.15) is 0 Å². The van der Waals surface area contributed by atoms with Crippen molar-refractivity contribution < 1.29 is 9.13 Å². The van der Waals surface area contributed by atoms with Crippen molar-refractivity contribution in [1.29, 1.82) is 0 Å². The van der Waals surface area contributed by atoms with Crippen LogP contribution in [-0.4, -0.2) is 6.04 Å². The van der Waals surface area contributed by atoms with Crippen LogP contribution in [0.4, 0.5) is 4.39 Å². The lowest BCUT2D eigenvalue weighted by molar-refractivity contribution is 0.182. The van der Waals surface area contributed by atoms with Crippen molar-refractivity contribution in [2.75, 3.05) is 0 Å². The summed E-state index contributed by atoms with van der Waals surface area (Å²) in [5.41, 5.74) is 5.97. The van der Waals surface area contributed by atoms with Crippen LogP contribution in [0.1, 0.15) is 17.9 Å². The molecule has 0 aliphatic rings. The maximum absolute atomic E-state index is 13.3. The molecule has 0 fully saturated rings. The minimum Gasteiger partial charge on any atom is -0.482 e. The summed E-state index contributed by atoms with van der Waals surface area (Å²) >= 11 is 8.31. The molecule has 0 saturated carbocycles. The molecule has 2 rings (SSSR count). The monoisotopic (exact) mass is 407 g/mol. The van der Waals surface area contributed by atoms with E-state index in [4.69, 9.17) is 10.5 Å². The smallest absolute Gasteiger partial charge is 0.148 e. The van der Waals surface area contributed by atoms with E-state index in [0.29, 0.717) is 10.2 Å². The summed E-state index contributed by atoms with van der Waals surface area (Å²) in [6.07, 6.45) is -0.311. The molecule has 0 spiro atoms. The van der Waals surface area contributed by atoms with Gasteiger partial charge in [-0.1, -0.05) is 0 Å². The highest BCUT2D eigenvalue weighted by Crippen LogP contribution is 2.34. The van der Waals surface area contributed by atoms with Gasteiger partial charge >= 0.3 is 0 Å². The van der Waals surface area contributed by atoms with Gasteiger partial charge in [-0.3, -0.25) is 0 Å². The zero-order valence-electron chi connectivity index (χ0n) is 10.1. The number of halogens is 3. The first-order valence-electron chi connectivity index (χ1n) is 5.58. The Kier molecular flexibility index (Phi) is 5.00. The van der Waals surface area contributed by atoms with Crippen molar-refractivity contribution in [3.63, 3.8) is 0 Å². The third kappa shape index (κ3) is 3.78. The van der Waals surface area contributed by atoms with E-state index in [1.807, 2.05) is 18.4 Å². The van der Waals surface area contributed by atoms with Crippen LogP contribution in [0.15, 0.2) is 38.6 Å². The highest BCUT2D eigenvalue weighted by molar-refractivity contribution is 9.10. The topological polar surface area (TPSA) is 35.2 Å². The molecule has 102 valence electrons. The fourth-order valence-corrected chi connectivity index (χ4v) is 3.53. The summed E-state index contributed by atoms with van der Waals surface area (Å²) in [7, 11) is 0. The molecule has 6 heteroatoms. The fourth-order valence-electron chi connectivity index (χ4n) is 1.61. The molecule has 0 bridgehead atoms. The van der Waals surface area contributed by atoms with Crippen LogP contribution in [0.3, 0.4) is 0 Å². The van der Waals surface area contributed by atoms with Crippen molar-refractivity contribution in [3.8, 4) is 5.75 Å². The second-order valence-electron chi connectivity index (χ2n) is 4.14. The Morgan fingerprint density at radius 2 is 2.05 bits per heavy atom. The Labute approximate surface area is 132 Å². The van der Waals surface area contributed by atoms with E-state index < -0.39 is 0 Å². The van der Waals surface area contributed by atoms with E-state index >= 15 is 0 Å². The number of rotatable bonds is 4. The van der Waals surface area contributed by atoms with Crippen molar-refractivity contribution >= 4 is 43.2 Å². The number of hydrogen-bond acceptors (Lipinski definition) is 3. The van der Waals surface area contributed by atoms with Crippen molar-refractivity contribution in [1.82, 2.24) is 0 Å². The first-order valence-corrected chi connectivity index (χ1v) is 8.05. The molecule has 0 amide bonds. The van der Waals surface area contributed by atoms with E-state index in [1.165, 1.54) is 12.1 Å². The van der Waals surface area contributed by atoms with E-state index in [2.05, 4.69) is 31.9 Å². The van der Waals surface area contributed by atoms with Crippen LogP contribution < -0.4 is 10.5 Å². The molecule has 1 heterocycles. The summed E-state index contributed by atoms with van der Waals surface area (Å²) in [6.45, 7) is 1.87. The van der Waals surface area contributed by atoms with Crippen molar-refractivity contribution in [2.24, 2.45) is 5.73 Å². The van der Waals surface area contributed by atoms with Gasteiger partial charge in [0, 0.05) is 26.8 Å². The average Bonchev–Trinajstić information content (AvgIpc) is 2.76. The highest BCUT2D eigenvalue weighted by atomic mass is 79.9. The molecule has 0 aliphatic heterocycles. The second kappa shape index (κ2) is 6.35. The lowest BCUT2D eigenvalue weighted by Gasteiger charge is -2.22. The number of benzene rings is 1. The Bertz CT molecular complexity index is 574. The Morgan fingerprint density at radius 1 is 1.32 bits per heavy atom. The minimum atomic E-state index is -0.339. The van der Waals surface area contributed by atoms with Gasteiger partial charge in [0.25, 0.3) is 0 Å². The Balaban J connectivity index is 2.29. The van der Waals surface area contributed by atoms with Gasteiger partial charge in [0.05, 0.1) is 4.47 Å². The fraction of sp³-hybridized carbons (Fsp3) is 0.231. The molecule has 2 nitrogen and oxygen atoms in total. The van der Waals surface area contributed by atoms with Gasteiger partial charge in [0.1, 0.15) is 17.7 Å². The van der Waals surface area contributed by atoms with Gasteiger partial charge in [-0.25, -0.2) is 4.39 Å². The number of thiophene rings is 1. The summed E-state index contributed by atoms with van der Waals surface area (Å²) < 4.78 is 20.8. The zero-order valence-corrected chi connectivity index (χ0v) is 14.1. The third-order valence-corrected chi connectivity index (χ3v) is 4.90. The lowest BCUT2D eigenvalue weighted by atomic mass is 10.1. The molecule has 2 atom stereocenters. The van der Waals surface area contributed by atoms with Crippen LogP contribution in [0.5, 0.6) is 5.75 Å². The van der Waals surface area contributed by atoms with E-state index in [1.54, 1.807) is 17.4 Å². The van der Waals surface area contributed by atoms with Crippen LogP contribution in [-0.2, 0) is 0 Å². The van der Waals surface area contributed by atoms with E-state index in [0.717, 1.165) is 9.35 Å². The zero-order chi connectivity index (χ0) is 14.0.